The van der Waals surface area contributed by atoms with Crippen LogP contribution in [0.25, 0.3) is 0 Å². The van der Waals surface area contributed by atoms with Gasteiger partial charge in [0, 0.05) is 0 Å². The van der Waals surface area contributed by atoms with E-state index in [0.717, 1.165) is 0 Å². The van der Waals surface area contributed by atoms with Crippen LogP contribution in [0.15, 0.2) is 29.2 Å². The van der Waals surface area contributed by atoms with Gasteiger partial charge in [-0.1, -0.05) is 6.08 Å². The quantitative estimate of drug-likeness (QED) is 0.626. The highest BCUT2D eigenvalue weighted by Gasteiger charge is 2.13. The zero-order valence-corrected chi connectivity index (χ0v) is 9.18. The molecule has 6 nitrogen and oxygen atoms in total. The number of nitrogens with one attached hydrogen (secondary N) is 1. The zero-order valence-electron chi connectivity index (χ0n) is 9.18. The first-order chi connectivity index (χ1) is 8.04. The number of carboxylic acids is 1. The van der Waals surface area contributed by atoms with Crippen LogP contribution in [-0.4, -0.2) is 23.0 Å². The highest BCUT2D eigenvalue weighted by molar-refractivity contribution is 5.84. The van der Waals surface area contributed by atoms with Crippen molar-refractivity contribution in [2.24, 2.45) is 5.73 Å². The highest BCUT2D eigenvalue weighted by atomic mass is 16.4. The molecule has 0 spiro atoms. The summed E-state index contributed by atoms with van der Waals surface area (Å²) in [7, 11) is 0. The number of carbonyl (C=O) groups excluding carboxylic acids is 1. The van der Waals surface area contributed by atoms with Gasteiger partial charge in [0.25, 0.3) is 0 Å². The first kappa shape index (κ1) is 13.0. The van der Waals surface area contributed by atoms with Crippen molar-refractivity contribution in [3.8, 4) is 0 Å². The maximum Gasteiger partial charge on any atom is 0.371 e. The summed E-state index contributed by atoms with van der Waals surface area (Å²) in [5.41, 5.74) is 5.54. The molecule has 0 fully saturated rings. The summed E-state index contributed by atoms with van der Waals surface area (Å²) in [5.74, 6) is -1.28. The number of hydrogen-bond donors (Lipinski definition) is 3. The van der Waals surface area contributed by atoms with E-state index < -0.39 is 12.0 Å². The lowest BCUT2D eigenvalue weighted by atomic mass is 10.2. The third-order valence-electron chi connectivity index (χ3n) is 2.07. The Balaban J connectivity index is 2.47. The number of rotatable bonds is 6. The van der Waals surface area contributed by atoms with Crippen molar-refractivity contribution in [1.29, 1.82) is 0 Å². The summed E-state index contributed by atoms with van der Waals surface area (Å²) < 4.78 is 4.96. The molecule has 4 N–H and O–H groups in total. The Kier molecular flexibility index (Phi) is 4.47. The van der Waals surface area contributed by atoms with Gasteiger partial charge in [-0.05, 0) is 18.6 Å². The van der Waals surface area contributed by atoms with E-state index in [-0.39, 0.29) is 18.2 Å². The smallest absolute Gasteiger partial charge is 0.371 e. The van der Waals surface area contributed by atoms with Gasteiger partial charge in [-0.25, -0.2) is 4.79 Å². The molecule has 1 aromatic heterocycles. The van der Waals surface area contributed by atoms with E-state index in [4.69, 9.17) is 15.3 Å². The minimum atomic E-state index is -1.15. The van der Waals surface area contributed by atoms with Crippen LogP contribution in [0.2, 0.25) is 0 Å². The molecular formula is C11H14N2O4. The normalized spacial score (nSPS) is 11.8. The van der Waals surface area contributed by atoms with Crippen molar-refractivity contribution < 1.29 is 19.1 Å². The first-order valence-electron chi connectivity index (χ1n) is 5.00. The van der Waals surface area contributed by atoms with E-state index in [1.807, 2.05) is 0 Å². The maximum absolute atomic E-state index is 11.4. The molecule has 1 unspecified atom stereocenters. The van der Waals surface area contributed by atoms with Gasteiger partial charge in [-0.3, -0.25) is 4.79 Å². The van der Waals surface area contributed by atoms with Crippen molar-refractivity contribution in [1.82, 2.24) is 5.32 Å². The monoisotopic (exact) mass is 238 g/mol. The summed E-state index contributed by atoms with van der Waals surface area (Å²) >= 11 is 0. The minimum Gasteiger partial charge on any atom is -0.475 e. The van der Waals surface area contributed by atoms with Gasteiger partial charge in [-0.15, -0.1) is 6.58 Å². The average Bonchev–Trinajstić information content (AvgIpc) is 2.75. The molecule has 0 aliphatic carbocycles. The van der Waals surface area contributed by atoms with Crippen LogP contribution in [0.1, 0.15) is 22.7 Å². The fraction of sp³-hybridized carbons (Fsp3) is 0.273. The molecule has 92 valence electrons. The minimum absolute atomic E-state index is 0.108. The molecule has 0 radical (unpaired) electrons. The van der Waals surface area contributed by atoms with Crippen LogP contribution in [0, 0.1) is 0 Å². The summed E-state index contributed by atoms with van der Waals surface area (Å²) in [4.78, 5) is 21.9. The number of carbonyl (C=O) groups is 2. The fourth-order valence-electron chi connectivity index (χ4n) is 1.18. The molecule has 1 heterocycles. The standard InChI is InChI=1S/C11H14N2O4/c1-2-3-8(12)10(14)13-6-7-4-5-9(17-7)11(15)16/h2,4-5,8H,1,3,6,12H2,(H,13,14)(H,15,16). The molecule has 0 aliphatic rings. The lowest BCUT2D eigenvalue weighted by molar-refractivity contribution is -0.122. The SMILES string of the molecule is C=CCC(N)C(=O)NCc1ccc(C(=O)O)o1. The van der Waals surface area contributed by atoms with E-state index in [9.17, 15) is 9.59 Å². The number of amides is 1. The van der Waals surface area contributed by atoms with Gasteiger partial charge < -0.3 is 20.6 Å². The molecule has 17 heavy (non-hydrogen) atoms. The van der Waals surface area contributed by atoms with Gasteiger partial charge in [0.05, 0.1) is 12.6 Å². The lowest BCUT2D eigenvalue weighted by Gasteiger charge is -2.08. The van der Waals surface area contributed by atoms with Gasteiger partial charge >= 0.3 is 5.97 Å². The van der Waals surface area contributed by atoms with Crippen molar-refractivity contribution in [3.05, 3.63) is 36.3 Å². The molecule has 1 amide bonds. The summed E-state index contributed by atoms with van der Waals surface area (Å²) in [6.45, 7) is 3.59. The predicted octanol–water partition coefficient (Wildman–Crippen LogP) is 0.497. The maximum atomic E-state index is 11.4. The van der Waals surface area contributed by atoms with Crippen LogP contribution in [0.3, 0.4) is 0 Å². The Labute approximate surface area is 98.1 Å². The Bertz CT molecular complexity index is 425. The molecule has 1 aromatic rings. The zero-order chi connectivity index (χ0) is 12.8. The number of hydrogen-bond acceptors (Lipinski definition) is 4. The molecule has 0 saturated carbocycles. The van der Waals surface area contributed by atoms with Crippen LogP contribution in [-0.2, 0) is 11.3 Å². The van der Waals surface area contributed by atoms with Crippen molar-refractivity contribution in [3.63, 3.8) is 0 Å². The Morgan fingerprint density at radius 3 is 2.82 bits per heavy atom. The summed E-state index contributed by atoms with van der Waals surface area (Å²) in [6.07, 6.45) is 1.93. The van der Waals surface area contributed by atoms with Crippen molar-refractivity contribution in [2.45, 2.75) is 19.0 Å². The van der Waals surface area contributed by atoms with E-state index in [0.29, 0.717) is 12.2 Å². The fourth-order valence-corrected chi connectivity index (χ4v) is 1.18. The second kappa shape index (κ2) is 5.86. The van der Waals surface area contributed by atoms with Crippen LogP contribution in [0.4, 0.5) is 0 Å². The molecule has 1 rings (SSSR count). The van der Waals surface area contributed by atoms with Crippen molar-refractivity contribution in [2.75, 3.05) is 0 Å². The second-order valence-corrected chi connectivity index (χ2v) is 3.42. The van der Waals surface area contributed by atoms with Crippen LogP contribution in [0.5, 0.6) is 0 Å². The van der Waals surface area contributed by atoms with Crippen LogP contribution >= 0.6 is 0 Å². The molecule has 0 bridgehead atoms. The first-order valence-corrected chi connectivity index (χ1v) is 5.00. The molecular weight excluding hydrogens is 224 g/mol. The number of aromatic carboxylic acids is 1. The van der Waals surface area contributed by atoms with Gasteiger partial charge in [-0.2, -0.15) is 0 Å². The largest absolute Gasteiger partial charge is 0.475 e. The lowest BCUT2D eigenvalue weighted by Crippen LogP contribution is -2.39. The Morgan fingerprint density at radius 2 is 2.29 bits per heavy atom. The molecule has 0 aromatic carbocycles. The van der Waals surface area contributed by atoms with Gasteiger partial charge in [0.1, 0.15) is 5.76 Å². The third kappa shape index (κ3) is 3.76. The van der Waals surface area contributed by atoms with Gasteiger partial charge in [0.2, 0.25) is 11.7 Å². The Hall–Kier alpha value is -2.08. The Morgan fingerprint density at radius 1 is 1.59 bits per heavy atom. The molecule has 0 saturated heterocycles. The van der Waals surface area contributed by atoms with E-state index in [1.54, 1.807) is 6.08 Å². The molecule has 6 heteroatoms. The predicted molar refractivity (Wildman–Crippen MR) is 60.3 cm³/mol. The number of furan rings is 1. The highest BCUT2D eigenvalue weighted by Crippen LogP contribution is 2.07. The second-order valence-electron chi connectivity index (χ2n) is 3.42. The van der Waals surface area contributed by atoms with Crippen LogP contribution < -0.4 is 11.1 Å². The summed E-state index contributed by atoms with van der Waals surface area (Å²) in [6, 6.07) is 2.16. The topological polar surface area (TPSA) is 106 Å². The van der Waals surface area contributed by atoms with E-state index in [1.165, 1.54) is 12.1 Å². The van der Waals surface area contributed by atoms with E-state index >= 15 is 0 Å². The van der Waals surface area contributed by atoms with Crippen molar-refractivity contribution >= 4 is 11.9 Å². The third-order valence-corrected chi connectivity index (χ3v) is 2.07. The number of carboxylic acid groups (broad SMARTS) is 1. The van der Waals surface area contributed by atoms with Gasteiger partial charge in [0.15, 0.2) is 0 Å². The average molecular weight is 238 g/mol. The number of nitrogens with two attached hydrogens (primary N) is 1. The molecule has 1 atom stereocenters. The van der Waals surface area contributed by atoms with E-state index in [2.05, 4.69) is 11.9 Å². The summed E-state index contributed by atoms with van der Waals surface area (Å²) in [5, 5.41) is 11.2. The molecule has 0 aliphatic heterocycles.